The first kappa shape index (κ1) is 18.1. The smallest absolute Gasteiger partial charge is 0.325 e. The Bertz CT molecular complexity index is 1330. The van der Waals surface area contributed by atoms with Crippen molar-refractivity contribution in [2.45, 2.75) is 12.5 Å². The molecule has 4 heterocycles. The first-order chi connectivity index (χ1) is 14.6. The van der Waals surface area contributed by atoms with Gasteiger partial charge >= 0.3 is 5.69 Å². The summed E-state index contributed by atoms with van der Waals surface area (Å²) in [6, 6.07) is 7.74. The molecule has 0 radical (unpaired) electrons. The molecule has 0 aliphatic carbocycles. The van der Waals surface area contributed by atoms with E-state index in [0.29, 0.717) is 23.6 Å². The number of imidazole rings is 1. The van der Waals surface area contributed by atoms with E-state index in [0.717, 1.165) is 18.7 Å². The highest BCUT2D eigenvalue weighted by atomic mass is 19.1. The number of ether oxygens (including phenoxy) is 1. The maximum Gasteiger partial charge on any atom is 0.325 e. The van der Waals surface area contributed by atoms with Crippen LogP contribution in [0.3, 0.4) is 0 Å². The number of benzene rings is 1. The van der Waals surface area contributed by atoms with Crippen molar-refractivity contribution in [2.24, 2.45) is 0 Å². The molecule has 0 amide bonds. The number of hydrogen-bond donors (Lipinski definition) is 2. The molecule has 1 fully saturated rings. The van der Waals surface area contributed by atoms with Gasteiger partial charge in [0, 0.05) is 31.6 Å². The van der Waals surface area contributed by atoms with Crippen LogP contribution < -0.4 is 20.9 Å². The van der Waals surface area contributed by atoms with Crippen LogP contribution in [0.1, 0.15) is 6.42 Å². The highest BCUT2D eigenvalue weighted by Crippen LogP contribution is 2.29. The summed E-state index contributed by atoms with van der Waals surface area (Å²) >= 11 is 0. The Balaban J connectivity index is 1.47. The molecule has 0 saturated carbocycles. The van der Waals surface area contributed by atoms with Crippen molar-refractivity contribution >= 4 is 11.3 Å². The third-order valence-corrected chi connectivity index (χ3v) is 5.04. The molecule has 0 bridgehead atoms. The third-order valence-electron chi connectivity index (χ3n) is 5.04. The quantitative estimate of drug-likeness (QED) is 0.531. The minimum absolute atomic E-state index is 0.0708. The van der Waals surface area contributed by atoms with Crippen LogP contribution >= 0.6 is 0 Å². The first-order valence-electron chi connectivity index (χ1n) is 9.41. The number of anilines is 1. The van der Waals surface area contributed by atoms with Gasteiger partial charge < -0.3 is 14.6 Å². The van der Waals surface area contributed by atoms with Gasteiger partial charge in [0.05, 0.1) is 17.8 Å². The number of rotatable bonds is 4. The van der Waals surface area contributed by atoms with Gasteiger partial charge in [-0.1, -0.05) is 0 Å². The van der Waals surface area contributed by atoms with Gasteiger partial charge in [0.2, 0.25) is 0 Å². The standard InChI is InChI=1S/C20H17FN6O3/c21-12-1-3-13(4-2-12)30-14-5-7-26(11-14)17-9-16(25-27-8-6-22-18(17)27)15-10-23-20(29)24-19(15)28/h1-4,6,8-10,14H,5,7,11H2,(H2,23,24,28,29)/t14-/m1/s1. The number of nitrogens with one attached hydrogen (secondary N) is 2. The van der Waals surface area contributed by atoms with Crippen LogP contribution in [0.5, 0.6) is 5.75 Å². The maximum absolute atomic E-state index is 13.1. The summed E-state index contributed by atoms with van der Waals surface area (Å²) < 4.78 is 20.7. The van der Waals surface area contributed by atoms with Crippen molar-refractivity contribution in [3.8, 4) is 17.0 Å². The summed E-state index contributed by atoms with van der Waals surface area (Å²) in [7, 11) is 0. The molecule has 2 N–H and O–H groups in total. The van der Waals surface area contributed by atoms with Crippen molar-refractivity contribution in [1.82, 2.24) is 24.6 Å². The second-order valence-electron chi connectivity index (χ2n) is 7.02. The zero-order chi connectivity index (χ0) is 20.7. The lowest BCUT2D eigenvalue weighted by atomic mass is 10.2. The highest BCUT2D eigenvalue weighted by Gasteiger charge is 2.27. The average Bonchev–Trinajstić information content (AvgIpc) is 3.38. The zero-order valence-electron chi connectivity index (χ0n) is 15.7. The van der Waals surface area contributed by atoms with Gasteiger partial charge in [0.25, 0.3) is 5.56 Å². The predicted octanol–water partition coefficient (Wildman–Crippen LogP) is 1.57. The van der Waals surface area contributed by atoms with E-state index < -0.39 is 11.2 Å². The summed E-state index contributed by atoms with van der Waals surface area (Å²) in [4.78, 5) is 34.7. The van der Waals surface area contributed by atoms with Crippen molar-refractivity contribution < 1.29 is 9.13 Å². The highest BCUT2D eigenvalue weighted by molar-refractivity contribution is 5.74. The number of hydrogen-bond acceptors (Lipinski definition) is 6. The topological polar surface area (TPSA) is 108 Å². The van der Waals surface area contributed by atoms with E-state index in [9.17, 15) is 14.0 Å². The number of H-pyrrole nitrogens is 2. The molecule has 1 aromatic carbocycles. The van der Waals surface area contributed by atoms with E-state index in [1.807, 2.05) is 0 Å². The Labute approximate surface area is 168 Å². The molecule has 9 nitrogen and oxygen atoms in total. The van der Waals surface area contributed by atoms with Crippen molar-refractivity contribution in [3.63, 3.8) is 0 Å². The monoisotopic (exact) mass is 408 g/mol. The Morgan fingerprint density at radius 2 is 2.03 bits per heavy atom. The molecule has 0 unspecified atom stereocenters. The summed E-state index contributed by atoms with van der Waals surface area (Å²) in [6.07, 6.45) is 5.39. The minimum Gasteiger partial charge on any atom is -0.489 e. The molecule has 30 heavy (non-hydrogen) atoms. The van der Waals surface area contributed by atoms with Gasteiger partial charge in [0.15, 0.2) is 5.65 Å². The van der Waals surface area contributed by atoms with Gasteiger partial charge in [-0.3, -0.25) is 9.78 Å². The molecule has 152 valence electrons. The maximum atomic E-state index is 13.1. The van der Waals surface area contributed by atoms with Gasteiger partial charge in [-0.25, -0.2) is 18.7 Å². The predicted molar refractivity (Wildman–Crippen MR) is 107 cm³/mol. The van der Waals surface area contributed by atoms with Crippen LogP contribution in [0.25, 0.3) is 16.9 Å². The van der Waals surface area contributed by atoms with Gasteiger partial charge in [-0.2, -0.15) is 5.10 Å². The van der Waals surface area contributed by atoms with E-state index in [1.54, 1.807) is 35.1 Å². The van der Waals surface area contributed by atoms with E-state index in [2.05, 4.69) is 25.0 Å². The minimum atomic E-state index is -0.576. The number of aromatic nitrogens is 5. The van der Waals surface area contributed by atoms with Crippen LogP contribution in [0.15, 0.2) is 58.5 Å². The Morgan fingerprint density at radius 3 is 2.83 bits per heavy atom. The van der Waals surface area contributed by atoms with Crippen molar-refractivity contribution in [2.75, 3.05) is 18.0 Å². The van der Waals surface area contributed by atoms with Gasteiger partial charge in [0.1, 0.15) is 23.4 Å². The molecule has 1 atom stereocenters. The van der Waals surface area contributed by atoms with E-state index in [1.165, 1.54) is 18.3 Å². The fourth-order valence-electron chi connectivity index (χ4n) is 3.61. The third kappa shape index (κ3) is 3.32. The summed E-state index contributed by atoms with van der Waals surface area (Å²) in [5.74, 6) is 0.308. The second kappa shape index (κ2) is 7.14. The molecule has 4 aromatic rings. The lowest BCUT2D eigenvalue weighted by Gasteiger charge is -2.20. The largest absolute Gasteiger partial charge is 0.489 e. The number of halogens is 1. The first-order valence-corrected chi connectivity index (χ1v) is 9.41. The SMILES string of the molecule is O=c1[nH]cc(-c2cc(N3CC[C@@H](Oc4ccc(F)cc4)C3)c3nccn3n2)c(=O)[nH]1. The fourth-order valence-corrected chi connectivity index (χ4v) is 3.61. The molecular weight excluding hydrogens is 391 g/mol. The molecule has 1 saturated heterocycles. The Kier molecular flexibility index (Phi) is 4.31. The molecule has 10 heteroatoms. The molecular formula is C20H17FN6O3. The second-order valence-corrected chi connectivity index (χ2v) is 7.02. The number of nitrogens with zero attached hydrogens (tertiary/aromatic N) is 4. The van der Waals surface area contributed by atoms with Crippen LogP contribution in [-0.4, -0.2) is 43.8 Å². The molecule has 1 aliphatic heterocycles. The Hall–Kier alpha value is -3.95. The zero-order valence-corrected chi connectivity index (χ0v) is 15.7. The lowest BCUT2D eigenvalue weighted by Crippen LogP contribution is -2.26. The number of aromatic amines is 2. The summed E-state index contributed by atoms with van der Waals surface area (Å²) in [6.45, 7) is 1.32. The van der Waals surface area contributed by atoms with Crippen LogP contribution in [-0.2, 0) is 0 Å². The number of fused-ring (bicyclic) bond motifs is 1. The van der Waals surface area contributed by atoms with E-state index >= 15 is 0 Å². The van der Waals surface area contributed by atoms with Crippen molar-refractivity contribution in [3.05, 3.63) is 75.6 Å². The van der Waals surface area contributed by atoms with Gasteiger partial charge in [-0.15, -0.1) is 0 Å². The van der Waals surface area contributed by atoms with Crippen molar-refractivity contribution in [1.29, 1.82) is 0 Å². The van der Waals surface area contributed by atoms with E-state index in [4.69, 9.17) is 4.74 Å². The van der Waals surface area contributed by atoms with Crippen LogP contribution in [0.2, 0.25) is 0 Å². The Morgan fingerprint density at radius 1 is 1.20 bits per heavy atom. The summed E-state index contributed by atoms with van der Waals surface area (Å²) in [5.41, 5.74) is 1.03. The molecule has 3 aromatic heterocycles. The van der Waals surface area contributed by atoms with Crippen LogP contribution in [0.4, 0.5) is 10.1 Å². The van der Waals surface area contributed by atoms with Crippen LogP contribution in [0, 0.1) is 5.82 Å². The molecule has 1 aliphatic rings. The average molecular weight is 408 g/mol. The fraction of sp³-hybridized carbons (Fsp3) is 0.200. The molecule has 0 spiro atoms. The normalized spacial score (nSPS) is 16.3. The van der Waals surface area contributed by atoms with Gasteiger partial charge in [-0.05, 0) is 30.3 Å². The van der Waals surface area contributed by atoms with E-state index in [-0.39, 0.29) is 17.5 Å². The summed E-state index contributed by atoms with van der Waals surface area (Å²) in [5, 5.41) is 4.44. The lowest BCUT2D eigenvalue weighted by molar-refractivity contribution is 0.224. The molecule has 5 rings (SSSR count).